The van der Waals surface area contributed by atoms with Crippen LogP contribution in [0.1, 0.15) is 25.8 Å². The third kappa shape index (κ3) is 5.69. The van der Waals surface area contributed by atoms with E-state index in [4.69, 9.17) is 14.2 Å². The molecule has 2 rings (SSSR count). The van der Waals surface area contributed by atoms with Crippen molar-refractivity contribution in [1.29, 1.82) is 0 Å². The summed E-state index contributed by atoms with van der Waals surface area (Å²) in [6.45, 7) is 4.84. The third-order valence-electron chi connectivity index (χ3n) is 4.00. The van der Waals surface area contributed by atoms with Crippen LogP contribution in [0.2, 0.25) is 0 Å². The van der Waals surface area contributed by atoms with Crippen LogP contribution in [0.15, 0.2) is 48.5 Å². The summed E-state index contributed by atoms with van der Waals surface area (Å²) in [5, 5.41) is 2.85. The Morgan fingerprint density at radius 3 is 2.35 bits per heavy atom. The molecule has 1 atom stereocenters. The lowest BCUT2D eigenvalue weighted by molar-refractivity contribution is -0.128. The fourth-order valence-corrected chi connectivity index (χ4v) is 2.47. The van der Waals surface area contributed by atoms with Crippen LogP contribution < -0.4 is 19.5 Å². The number of aryl methyl sites for hydroxylation is 1. The number of nitrogens with one attached hydrogen (secondary N) is 1. The summed E-state index contributed by atoms with van der Waals surface area (Å²) < 4.78 is 16.7. The largest absolute Gasteiger partial charge is 0.493 e. The smallest absolute Gasteiger partial charge is 0.261 e. The van der Waals surface area contributed by atoms with Crippen molar-refractivity contribution in [2.24, 2.45) is 0 Å². The molecule has 0 aromatic heterocycles. The molecule has 0 aliphatic rings. The summed E-state index contributed by atoms with van der Waals surface area (Å²) in [7, 11) is 1.58. The molecule has 1 N–H and O–H groups in total. The second-order valence-electron chi connectivity index (χ2n) is 5.80. The number of carbonyl (C=O) groups excluding carboxylic acids is 1. The van der Waals surface area contributed by atoms with Gasteiger partial charge in [-0.2, -0.15) is 0 Å². The van der Waals surface area contributed by atoms with Gasteiger partial charge in [0.05, 0.1) is 13.7 Å². The van der Waals surface area contributed by atoms with Gasteiger partial charge in [-0.05, 0) is 42.7 Å². The molecule has 0 saturated heterocycles. The van der Waals surface area contributed by atoms with E-state index in [1.165, 1.54) is 5.56 Å². The lowest BCUT2D eigenvalue weighted by atomic mass is 10.2. The van der Waals surface area contributed by atoms with E-state index in [1.54, 1.807) is 19.2 Å². The highest BCUT2D eigenvalue weighted by Gasteiger charge is 2.19. The highest BCUT2D eigenvalue weighted by atomic mass is 16.5. The average Bonchev–Trinajstić information content (AvgIpc) is 2.69. The molecule has 1 amide bonds. The molecule has 2 aromatic carbocycles. The van der Waals surface area contributed by atoms with Gasteiger partial charge in [-0.3, -0.25) is 4.79 Å². The Hall–Kier alpha value is -2.69. The molecule has 0 fully saturated rings. The standard InChI is InChI=1S/C21H27NO4/c1-4-16-10-12-17(13-11-16)25-15-14-22-21(23)18(5-2)26-20-9-7-6-8-19(20)24-3/h6-13,18H,4-5,14-15H2,1-3H3,(H,22,23). The highest BCUT2D eigenvalue weighted by molar-refractivity contribution is 5.81. The molecule has 5 heteroatoms. The summed E-state index contributed by atoms with van der Waals surface area (Å²) in [6.07, 6.45) is 0.986. The Bertz CT molecular complexity index is 685. The van der Waals surface area contributed by atoms with Crippen molar-refractivity contribution in [1.82, 2.24) is 5.32 Å². The number of ether oxygens (including phenoxy) is 3. The summed E-state index contributed by atoms with van der Waals surface area (Å²) in [6, 6.07) is 15.3. The van der Waals surface area contributed by atoms with Crippen LogP contribution in [-0.2, 0) is 11.2 Å². The first-order valence-electron chi connectivity index (χ1n) is 8.97. The Labute approximate surface area is 155 Å². The van der Waals surface area contributed by atoms with E-state index in [0.717, 1.165) is 12.2 Å². The molecule has 1 unspecified atom stereocenters. The van der Waals surface area contributed by atoms with Gasteiger partial charge in [-0.25, -0.2) is 0 Å². The van der Waals surface area contributed by atoms with Crippen LogP contribution in [0.3, 0.4) is 0 Å². The summed E-state index contributed by atoms with van der Waals surface area (Å²) in [5.41, 5.74) is 1.27. The van der Waals surface area contributed by atoms with E-state index in [9.17, 15) is 4.79 Å². The first kappa shape index (κ1) is 19.6. The predicted molar refractivity (Wildman–Crippen MR) is 102 cm³/mol. The molecule has 0 radical (unpaired) electrons. The molecule has 0 spiro atoms. The topological polar surface area (TPSA) is 56.8 Å². The zero-order chi connectivity index (χ0) is 18.8. The molecule has 0 heterocycles. The first-order chi connectivity index (χ1) is 12.7. The van der Waals surface area contributed by atoms with Crippen molar-refractivity contribution in [3.8, 4) is 17.2 Å². The molecule has 0 bridgehead atoms. The predicted octanol–water partition coefficient (Wildman–Crippen LogP) is 3.61. The molecule has 26 heavy (non-hydrogen) atoms. The molecule has 0 aliphatic carbocycles. The maximum Gasteiger partial charge on any atom is 0.261 e. The fourth-order valence-electron chi connectivity index (χ4n) is 2.47. The number of carbonyl (C=O) groups is 1. The Morgan fingerprint density at radius 1 is 1.04 bits per heavy atom. The number of rotatable bonds is 10. The molecule has 5 nitrogen and oxygen atoms in total. The lowest BCUT2D eigenvalue weighted by Gasteiger charge is -2.19. The maximum absolute atomic E-state index is 12.3. The SMILES string of the molecule is CCc1ccc(OCCNC(=O)C(CC)Oc2ccccc2OC)cc1. The van der Waals surface area contributed by atoms with Crippen LogP contribution in [0.4, 0.5) is 0 Å². The third-order valence-corrected chi connectivity index (χ3v) is 4.00. The monoisotopic (exact) mass is 357 g/mol. The van der Waals surface area contributed by atoms with Crippen molar-refractivity contribution in [3.05, 3.63) is 54.1 Å². The lowest BCUT2D eigenvalue weighted by Crippen LogP contribution is -2.39. The number of methoxy groups -OCH3 is 1. The summed E-state index contributed by atoms with van der Waals surface area (Å²) >= 11 is 0. The molecule has 0 aliphatic heterocycles. The van der Waals surface area contributed by atoms with Crippen molar-refractivity contribution < 1.29 is 19.0 Å². The number of benzene rings is 2. The van der Waals surface area contributed by atoms with Crippen molar-refractivity contribution in [3.63, 3.8) is 0 Å². The first-order valence-corrected chi connectivity index (χ1v) is 8.97. The van der Waals surface area contributed by atoms with Crippen molar-refractivity contribution in [2.75, 3.05) is 20.3 Å². The van der Waals surface area contributed by atoms with Crippen LogP contribution in [0, 0.1) is 0 Å². The number of para-hydroxylation sites is 2. The minimum absolute atomic E-state index is 0.164. The van der Waals surface area contributed by atoms with E-state index in [2.05, 4.69) is 12.2 Å². The van der Waals surface area contributed by atoms with Gasteiger partial charge in [0.2, 0.25) is 0 Å². The summed E-state index contributed by atoms with van der Waals surface area (Å²) in [4.78, 5) is 12.3. The van der Waals surface area contributed by atoms with Crippen LogP contribution in [0.25, 0.3) is 0 Å². The zero-order valence-corrected chi connectivity index (χ0v) is 15.7. The second-order valence-corrected chi connectivity index (χ2v) is 5.80. The Balaban J connectivity index is 1.79. The number of amides is 1. The normalized spacial score (nSPS) is 11.5. The van der Waals surface area contributed by atoms with Crippen molar-refractivity contribution in [2.45, 2.75) is 32.8 Å². The fraction of sp³-hybridized carbons (Fsp3) is 0.381. The van der Waals surface area contributed by atoms with E-state index in [-0.39, 0.29) is 5.91 Å². The Kier molecular flexibility index (Phi) is 7.80. The quantitative estimate of drug-likeness (QED) is 0.660. The van der Waals surface area contributed by atoms with E-state index in [1.807, 2.05) is 43.3 Å². The van der Waals surface area contributed by atoms with Gasteiger partial charge in [0.15, 0.2) is 17.6 Å². The zero-order valence-electron chi connectivity index (χ0n) is 15.7. The van der Waals surface area contributed by atoms with Gasteiger partial charge in [0, 0.05) is 0 Å². The second kappa shape index (κ2) is 10.3. The van der Waals surface area contributed by atoms with Crippen molar-refractivity contribution >= 4 is 5.91 Å². The number of hydrogen-bond acceptors (Lipinski definition) is 4. The number of hydrogen-bond donors (Lipinski definition) is 1. The molecule has 140 valence electrons. The van der Waals surface area contributed by atoms with Crippen LogP contribution in [0.5, 0.6) is 17.2 Å². The average molecular weight is 357 g/mol. The molecule has 2 aromatic rings. The van der Waals surface area contributed by atoms with Gasteiger partial charge in [0.25, 0.3) is 5.91 Å². The van der Waals surface area contributed by atoms with E-state index >= 15 is 0 Å². The maximum atomic E-state index is 12.3. The van der Waals surface area contributed by atoms with Gasteiger partial charge in [-0.15, -0.1) is 0 Å². The summed E-state index contributed by atoms with van der Waals surface area (Å²) in [5.74, 6) is 1.80. The minimum atomic E-state index is -0.574. The van der Waals surface area contributed by atoms with E-state index in [0.29, 0.717) is 31.1 Å². The highest BCUT2D eigenvalue weighted by Crippen LogP contribution is 2.27. The van der Waals surface area contributed by atoms with Gasteiger partial charge in [-0.1, -0.05) is 38.1 Å². The molecular formula is C21H27NO4. The van der Waals surface area contributed by atoms with Crippen LogP contribution >= 0.6 is 0 Å². The van der Waals surface area contributed by atoms with Gasteiger partial charge in [0.1, 0.15) is 12.4 Å². The molecule has 0 saturated carbocycles. The van der Waals surface area contributed by atoms with Gasteiger partial charge >= 0.3 is 0 Å². The molecular weight excluding hydrogens is 330 g/mol. The Morgan fingerprint density at radius 2 is 1.73 bits per heavy atom. The van der Waals surface area contributed by atoms with Crippen LogP contribution in [-0.4, -0.2) is 32.3 Å². The van der Waals surface area contributed by atoms with Gasteiger partial charge < -0.3 is 19.5 Å². The van der Waals surface area contributed by atoms with E-state index < -0.39 is 6.10 Å². The minimum Gasteiger partial charge on any atom is -0.493 e.